The van der Waals surface area contributed by atoms with Crippen molar-refractivity contribution in [2.45, 2.75) is 58.6 Å². The van der Waals surface area contributed by atoms with Gasteiger partial charge in [-0.2, -0.15) is 0 Å². The van der Waals surface area contributed by atoms with E-state index < -0.39 is 0 Å². The third-order valence-corrected chi connectivity index (χ3v) is 6.46. The lowest BCUT2D eigenvalue weighted by molar-refractivity contribution is 0.139. The maximum atomic E-state index is 14.7. The number of rotatable bonds is 1. The van der Waals surface area contributed by atoms with Crippen molar-refractivity contribution in [1.29, 1.82) is 0 Å². The lowest BCUT2D eigenvalue weighted by atomic mass is 9.76. The van der Waals surface area contributed by atoms with Gasteiger partial charge in [0.25, 0.3) is 0 Å². The molecular formula is C26H28FNO. The molecule has 0 fully saturated rings. The summed E-state index contributed by atoms with van der Waals surface area (Å²) >= 11 is 0. The van der Waals surface area contributed by atoms with Crippen LogP contribution >= 0.6 is 0 Å². The highest BCUT2D eigenvalue weighted by Crippen LogP contribution is 2.52. The molecule has 0 radical (unpaired) electrons. The van der Waals surface area contributed by atoms with Crippen molar-refractivity contribution in [3.05, 3.63) is 65.0 Å². The molecular weight excluding hydrogens is 361 g/mol. The van der Waals surface area contributed by atoms with Crippen molar-refractivity contribution in [3.8, 4) is 16.9 Å². The van der Waals surface area contributed by atoms with Gasteiger partial charge in [0.1, 0.15) is 6.10 Å². The van der Waals surface area contributed by atoms with E-state index in [4.69, 9.17) is 4.74 Å². The van der Waals surface area contributed by atoms with E-state index in [2.05, 4.69) is 57.3 Å². The number of nitrogens with one attached hydrogen (secondary N) is 1. The van der Waals surface area contributed by atoms with Crippen molar-refractivity contribution in [2.24, 2.45) is 5.92 Å². The molecule has 3 aliphatic rings. The fraction of sp³-hybridized carbons (Fsp3) is 0.385. The molecule has 1 N–H and O–H groups in total. The average Bonchev–Trinajstić information content (AvgIpc) is 2.66. The zero-order valence-corrected chi connectivity index (χ0v) is 17.6. The van der Waals surface area contributed by atoms with Crippen LogP contribution in [0.3, 0.4) is 0 Å². The first-order valence-corrected chi connectivity index (χ1v) is 10.6. The first-order chi connectivity index (χ1) is 13.8. The lowest BCUT2D eigenvalue weighted by Crippen LogP contribution is -2.33. The summed E-state index contributed by atoms with van der Waals surface area (Å²) in [5.74, 6) is 0.371. The van der Waals surface area contributed by atoms with Crippen LogP contribution in [0.4, 0.5) is 10.1 Å². The number of para-hydroxylation sites is 1. The number of ether oxygens (including phenoxy) is 1. The van der Waals surface area contributed by atoms with E-state index in [1.54, 1.807) is 6.07 Å². The fourth-order valence-electron chi connectivity index (χ4n) is 5.39. The zero-order valence-electron chi connectivity index (χ0n) is 17.6. The van der Waals surface area contributed by atoms with E-state index in [0.717, 1.165) is 36.1 Å². The lowest BCUT2D eigenvalue weighted by Gasteiger charge is -2.39. The van der Waals surface area contributed by atoms with Crippen molar-refractivity contribution < 1.29 is 9.13 Å². The van der Waals surface area contributed by atoms with Crippen LogP contribution in [0.2, 0.25) is 0 Å². The minimum absolute atomic E-state index is 0.0956. The largest absolute Gasteiger partial charge is 0.481 e. The normalized spacial score (nSPS) is 24.2. The van der Waals surface area contributed by atoms with Crippen LogP contribution < -0.4 is 10.1 Å². The third-order valence-electron chi connectivity index (χ3n) is 6.46. The first kappa shape index (κ1) is 18.5. The van der Waals surface area contributed by atoms with Crippen LogP contribution in [-0.4, -0.2) is 5.54 Å². The Labute approximate surface area is 172 Å². The molecule has 0 saturated carbocycles. The third kappa shape index (κ3) is 2.99. The maximum absolute atomic E-state index is 14.7. The van der Waals surface area contributed by atoms with E-state index >= 15 is 0 Å². The van der Waals surface area contributed by atoms with Crippen LogP contribution in [-0.2, 0) is 0 Å². The van der Waals surface area contributed by atoms with E-state index in [0.29, 0.717) is 5.75 Å². The molecule has 2 atom stereocenters. The van der Waals surface area contributed by atoms with Gasteiger partial charge in [0.2, 0.25) is 0 Å². The highest BCUT2D eigenvalue weighted by molar-refractivity contribution is 5.89. The minimum Gasteiger partial charge on any atom is -0.481 e. The first-order valence-electron chi connectivity index (χ1n) is 10.6. The van der Waals surface area contributed by atoms with Crippen molar-refractivity contribution in [2.75, 3.05) is 5.32 Å². The van der Waals surface area contributed by atoms with Crippen LogP contribution in [0.5, 0.6) is 5.75 Å². The van der Waals surface area contributed by atoms with E-state index in [1.165, 1.54) is 28.3 Å². The van der Waals surface area contributed by atoms with E-state index in [1.807, 2.05) is 6.07 Å². The van der Waals surface area contributed by atoms with Gasteiger partial charge in [-0.05, 0) is 70.2 Å². The van der Waals surface area contributed by atoms with Crippen molar-refractivity contribution >= 4 is 11.3 Å². The Morgan fingerprint density at radius 2 is 1.93 bits per heavy atom. The summed E-state index contributed by atoms with van der Waals surface area (Å²) in [5.41, 5.74) is 8.08. The van der Waals surface area contributed by atoms with Gasteiger partial charge in [0.15, 0.2) is 11.6 Å². The van der Waals surface area contributed by atoms with Gasteiger partial charge in [0.05, 0.1) is 5.54 Å². The van der Waals surface area contributed by atoms with Gasteiger partial charge in [-0.3, -0.25) is 0 Å². The zero-order chi connectivity index (χ0) is 20.3. The number of hydrogen-bond acceptors (Lipinski definition) is 2. The standard InChI is InChI=1S/C26H28FNO/c1-15-7-5-8-17(13-15)24-23-18(19-9-6-10-20(27)25(19)29-24)11-12-21-22(23)16(2)14-26(3,4)28-21/h6,9-14,17,24,28H,5,7-8H2,1-4H3. The number of allylic oxidation sites excluding steroid dienone is 2. The van der Waals surface area contributed by atoms with Gasteiger partial charge in [-0.15, -0.1) is 0 Å². The molecule has 1 aliphatic carbocycles. The topological polar surface area (TPSA) is 21.3 Å². The van der Waals surface area contributed by atoms with Crippen molar-refractivity contribution in [3.63, 3.8) is 0 Å². The molecule has 2 nitrogen and oxygen atoms in total. The number of anilines is 1. The summed E-state index contributed by atoms with van der Waals surface area (Å²) in [6.07, 6.45) is 7.82. The number of fused-ring (bicyclic) bond motifs is 5. The molecule has 29 heavy (non-hydrogen) atoms. The molecule has 5 rings (SSSR count). The summed E-state index contributed by atoms with van der Waals surface area (Å²) in [6.45, 7) is 8.75. The van der Waals surface area contributed by atoms with Gasteiger partial charge < -0.3 is 10.1 Å². The maximum Gasteiger partial charge on any atom is 0.165 e. The monoisotopic (exact) mass is 389 g/mol. The second-order valence-electron chi connectivity index (χ2n) is 9.35. The summed E-state index contributed by atoms with van der Waals surface area (Å²) in [5, 5.41) is 3.66. The SMILES string of the molecule is CC1=CC(C2Oc3c(F)cccc3-c3ccc4c(c32)C(C)=CC(C)(C)N4)CCC1. The molecule has 2 aromatic rings. The van der Waals surface area contributed by atoms with Gasteiger partial charge in [-0.1, -0.05) is 35.9 Å². The predicted octanol–water partition coefficient (Wildman–Crippen LogP) is 7.28. The Morgan fingerprint density at radius 1 is 1.10 bits per heavy atom. The smallest absolute Gasteiger partial charge is 0.165 e. The highest BCUT2D eigenvalue weighted by Gasteiger charge is 2.38. The Morgan fingerprint density at radius 3 is 2.72 bits per heavy atom. The van der Waals surface area contributed by atoms with Crippen LogP contribution in [0.15, 0.2) is 48.1 Å². The number of hydrogen-bond donors (Lipinski definition) is 1. The molecule has 2 heterocycles. The Bertz CT molecular complexity index is 1060. The Hall–Kier alpha value is -2.55. The summed E-state index contributed by atoms with van der Waals surface area (Å²) in [4.78, 5) is 0. The van der Waals surface area contributed by atoms with Crippen LogP contribution in [0.1, 0.15) is 64.2 Å². The van der Waals surface area contributed by atoms with Gasteiger partial charge >= 0.3 is 0 Å². The molecule has 150 valence electrons. The van der Waals surface area contributed by atoms with Gasteiger partial charge in [-0.25, -0.2) is 4.39 Å². The quantitative estimate of drug-likeness (QED) is 0.517. The average molecular weight is 390 g/mol. The Kier molecular flexibility index (Phi) is 4.13. The molecule has 2 aromatic carbocycles. The van der Waals surface area contributed by atoms with E-state index in [-0.39, 0.29) is 23.4 Å². The minimum atomic E-state index is -0.279. The molecule has 0 spiro atoms. The molecule has 0 saturated heterocycles. The molecule has 0 aromatic heterocycles. The predicted molar refractivity (Wildman–Crippen MR) is 118 cm³/mol. The second-order valence-corrected chi connectivity index (χ2v) is 9.35. The van der Waals surface area contributed by atoms with Gasteiger partial charge in [0, 0.05) is 28.3 Å². The fourth-order valence-corrected chi connectivity index (χ4v) is 5.39. The van der Waals surface area contributed by atoms with Crippen LogP contribution in [0, 0.1) is 11.7 Å². The van der Waals surface area contributed by atoms with E-state index in [9.17, 15) is 4.39 Å². The molecule has 2 aliphatic heterocycles. The number of halogens is 1. The second kappa shape index (κ2) is 6.48. The molecule has 3 heteroatoms. The van der Waals surface area contributed by atoms with Crippen molar-refractivity contribution in [1.82, 2.24) is 0 Å². The summed E-state index contributed by atoms with van der Waals surface area (Å²) in [6, 6.07) is 9.53. The Balaban J connectivity index is 1.78. The summed E-state index contributed by atoms with van der Waals surface area (Å²) < 4.78 is 21.2. The number of benzene rings is 2. The molecule has 0 bridgehead atoms. The summed E-state index contributed by atoms with van der Waals surface area (Å²) in [7, 11) is 0. The van der Waals surface area contributed by atoms with Crippen LogP contribution in [0.25, 0.3) is 16.7 Å². The molecule has 0 amide bonds. The highest BCUT2D eigenvalue weighted by atomic mass is 19.1. The molecule has 2 unspecified atom stereocenters.